The van der Waals surface area contributed by atoms with Gasteiger partial charge in [-0.2, -0.15) is 4.98 Å². The van der Waals surface area contributed by atoms with Crippen LogP contribution in [0.4, 0.5) is 10.2 Å². The van der Waals surface area contributed by atoms with E-state index in [2.05, 4.69) is 15.0 Å². The number of alkyl halides is 1. The number of aromatic nitrogens is 3. The van der Waals surface area contributed by atoms with Gasteiger partial charge in [0.25, 0.3) is 0 Å². The van der Waals surface area contributed by atoms with E-state index >= 15 is 0 Å². The van der Waals surface area contributed by atoms with Crippen molar-refractivity contribution in [2.75, 3.05) is 37.1 Å². The summed E-state index contributed by atoms with van der Waals surface area (Å²) in [5.74, 6) is 0.424. The molecule has 3 heterocycles. The zero-order chi connectivity index (χ0) is 15.7. The van der Waals surface area contributed by atoms with Gasteiger partial charge in [0, 0.05) is 31.1 Å². The van der Waals surface area contributed by atoms with Crippen molar-refractivity contribution in [1.82, 2.24) is 15.0 Å². The molecule has 0 aliphatic carbocycles. The van der Waals surface area contributed by atoms with Crippen LogP contribution in [0.1, 0.15) is 0 Å². The first kappa shape index (κ1) is 15.9. The maximum atomic E-state index is 14.1. The van der Waals surface area contributed by atoms with Crippen molar-refractivity contribution in [2.24, 2.45) is 5.92 Å². The highest BCUT2D eigenvalue weighted by Gasteiger charge is 2.23. The van der Waals surface area contributed by atoms with E-state index in [9.17, 15) is 4.39 Å². The quantitative estimate of drug-likeness (QED) is 0.465. The molecule has 5 nitrogen and oxygen atoms in total. The second-order valence-electron chi connectivity index (χ2n) is 4.98. The molecular weight excluding hydrogens is 354 g/mol. The van der Waals surface area contributed by atoms with Crippen LogP contribution in [0.25, 0.3) is 10.9 Å². The number of pyridine rings is 1. The minimum Gasteiger partial charge on any atom is -0.379 e. The summed E-state index contributed by atoms with van der Waals surface area (Å²) in [5.41, 5.74) is 0.0580. The molecule has 0 N–H and O–H groups in total. The van der Waals surface area contributed by atoms with Crippen molar-refractivity contribution in [3.63, 3.8) is 0 Å². The van der Waals surface area contributed by atoms with Crippen LogP contribution in [0, 0.1) is 11.7 Å². The third-order valence-electron chi connectivity index (χ3n) is 3.45. The van der Waals surface area contributed by atoms with Crippen molar-refractivity contribution in [1.29, 1.82) is 0 Å². The number of ether oxygens (including phenoxy) is 1. The fourth-order valence-corrected chi connectivity index (χ4v) is 2.89. The molecule has 1 fully saturated rings. The van der Waals surface area contributed by atoms with Gasteiger partial charge in [0.15, 0.2) is 11.0 Å². The van der Waals surface area contributed by atoms with E-state index in [0.29, 0.717) is 43.4 Å². The molecule has 0 radical (unpaired) electrons. The first-order chi connectivity index (χ1) is 10.6. The largest absolute Gasteiger partial charge is 0.379 e. The monoisotopic (exact) mass is 364 g/mol. The molecule has 22 heavy (non-hydrogen) atoms. The van der Waals surface area contributed by atoms with Gasteiger partial charge in [0.05, 0.1) is 18.6 Å². The fourth-order valence-electron chi connectivity index (χ4n) is 2.40. The normalized spacial score (nSPS) is 19.5. The lowest BCUT2D eigenvalue weighted by Crippen LogP contribution is -2.31. The zero-order valence-electron chi connectivity index (χ0n) is 11.4. The van der Waals surface area contributed by atoms with E-state index < -0.39 is 5.82 Å². The average Bonchev–Trinajstić information content (AvgIpc) is 2.76. The molecule has 0 bridgehead atoms. The predicted octanol–water partition coefficient (Wildman–Crippen LogP) is 3.16. The summed E-state index contributed by atoms with van der Waals surface area (Å²) in [6, 6.07) is 0. The molecular formula is C13H12Cl3FN4O. The Balaban J connectivity index is 2.11. The second-order valence-corrected chi connectivity index (χ2v) is 5.99. The fraction of sp³-hybridized carbons (Fsp3) is 0.462. The summed E-state index contributed by atoms with van der Waals surface area (Å²) < 4.78 is 19.7. The number of halogens is 4. The molecule has 2 aromatic rings. The van der Waals surface area contributed by atoms with E-state index in [1.165, 1.54) is 6.20 Å². The van der Waals surface area contributed by atoms with Crippen LogP contribution in [0.2, 0.25) is 10.4 Å². The molecule has 0 aromatic carbocycles. The van der Waals surface area contributed by atoms with Gasteiger partial charge in [-0.25, -0.2) is 14.4 Å². The lowest BCUT2D eigenvalue weighted by atomic mass is 10.2. The molecule has 1 saturated heterocycles. The van der Waals surface area contributed by atoms with Crippen LogP contribution < -0.4 is 4.90 Å². The Morgan fingerprint density at radius 2 is 2.18 bits per heavy atom. The highest BCUT2D eigenvalue weighted by atomic mass is 35.5. The summed E-state index contributed by atoms with van der Waals surface area (Å²) in [6.07, 6.45) is 1.45. The van der Waals surface area contributed by atoms with Crippen LogP contribution in [0.3, 0.4) is 0 Å². The number of anilines is 1. The van der Waals surface area contributed by atoms with Crippen molar-refractivity contribution in [3.8, 4) is 0 Å². The van der Waals surface area contributed by atoms with Crippen molar-refractivity contribution < 1.29 is 9.13 Å². The number of fused-ring (bicyclic) bond motifs is 1. The van der Waals surface area contributed by atoms with E-state index in [1.54, 1.807) is 0 Å². The topological polar surface area (TPSA) is 51.1 Å². The number of hydrogen-bond acceptors (Lipinski definition) is 5. The Morgan fingerprint density at radius 1 is 1.36 bits per heavy atom. The van der Waals surface area contributed by atoms with E-state index in [4.69, 9.17) is 39.5 Å². The van der Waals surface area contributed by atoms with Crippen molar-refractivity contribution in [3.05, 3.63) is 22.5 Å². The molecule has 0 amide bonds. The predicted molar refractivity (Wildman–Crippen MR) is 84.6 cm³/mol. The molecule has 1 unspecified atom stereocenters. The Morgan fingerprint density at radius 3 is 2.95 bits per heavy atom. The van der Waals surface area contributed by atoms with Crippen molar-refractivity contribution in [2.45, 2.75) is 0 Å². The Bertz CT molecular complexity index is 703. The minimum absolute atomic E-state index is 0.0451. The van der Waals surface area contributed by atoms with Crippen LogP contribution in [0.15, 0.2) is 6.20 Å². The summed E-state index contributed by atoms with van der Waals surface area (Å²) in [5, 5.41) is 0.170. The maximum absolute atomic E-state index is 14.1. The van der Waals surface area contributed by atoms with Gasteiger partial charge in [-0.15, -0.1) is 11.6 Å². The molecule has 1 aliphatic heterocycles. The van der Waals surface area contributed by atoms with Crippen LogP contribution in [-0.4, -0.2) is 47.1 Å². The molecule has 118 valence electrons. The summed E-state index contributed by atoms with van der Waals surface area (Å²) in [6.45, 7) is 2.34. The van der Waals surface area contributed by atoms with Crippen LogP contribution in [-0.2, 0) is 4.74 Å². The summed E-state index contributed by atoms with van der Waals surface area (Å²) >= 11 is 17.6. The van der Waals surface area contributed by atoms with Gasteiger partial charge in [-0.3, -0.25) is 0 Å². The van der Waals surface area contributed by atoms with Gasteiger partial charge in [-0.1, -0.05) is 11.6 Å². The molecule has 3 rings (SSSR count). The maximum Gasteiger partial charge on any atom is 0.225 e. The van der Waals surface area contributed by atoms with Gasteiger partial charge in [-0.05, 0) is 11.6 Å². The SMILES string of the molecule is Fc1c(Cl)ncc2c(N3CCOCC(CCl)C3)nc(Cl)nc12. The molecule has 0 saturated carbocycles. The number of rotatable bonds is 2. The third kappa shape index (κ3) is 3.06. The smallest absolute Gasteiger partial charge is 0.225 e. The summed E-state index contributed by atoms with van der Waals surface area (Å²) in [4.78, 5) is 14.0. The first-order valence-electron chi connectivity index (χ1n) is 6.66. The van der Waals surface area contributed by atoms with Gasteiger partial charge >= 0.3 is 0 Å². The molecule has 2 aromatic heterocycles. The van der Waals surface area contributed by atoms with Crippen LogP contribution in [0.5, 0.6) is 0 Å². The molecule has 9 heteroatoms. The Kier molecular flexibility index (Phi) is 4.82. The molecule has 1 aliphatic rings. The number of hydrogen-bond donors (Lipinski definition) is 0. The van der Waals surface area contributed by atoms with E-state index in [1.807, 2.05) is 4.90 Å². The third-order valence-corrected chi connectivity index (χ3v) is 4.32. The standard InChI is InChI=1S/C13H12Cl3FN4O/c14-3-7-5-21(1-2-22-6-7)12-8-4-18-11(15)9(17)10(8)19-13(16)20-12/h4,7H,1-3,5-6H2. The van der Waals surface area contributed by atoms with Gasteiger partial charge < -0.3 is 9.64 Å². The van der Waals surface area contributed by atoms with E-state index in [-0.39, 0.29) is 21.9 Å². The minimum atomic E-state index is -0.704. The lowest BCUT2D eigenvalue weighted by Gasteiger charge is -2.24. The highest BCUT2D eigenvalue weighted by Crippen LogP contribution is 2.30. The second kappa shape index (κ2) is 6.66. The van der Waals surface area contributed by atoms with Crippen molar-refractivity contribution >= 4 is 51.5 Å². The van der Waals surface area contributed by atoms with Crippen LogP contribution >= 0.6 is 34.8 Å². The van der Waals surface area contributed by atoms with Gasteiger partial charge in [0.1, 0.15) is 11.3 Å². The molecule has 0 spiro atoms. The Hall–Kier alpha value is -0.950. The summed E-state index contributed by atoms with van der Waals surface area (Å²) in [7, 11) is 0. The highest BCUT2D eigenvalue weighted by molar-refractivity contribution is 6.30. The average molecular weight is 366 g/mol. The van der Waals surface area contributed by atoms with E-state index in [0.717, 1.165) is 0 Å². The Labute approximate surface area is 141 Å². The van der Waals surface area contributed by atoms with Gasteiger partial charge in [0.2, 0.25) is 5.28 Å². The molecule has 1 atom stereocenters. The number of nitrogens with zero attached hydrogens (tertiary/aromatic N) is 4. The zero-order valence-corrected chi connectivity index (χ0v) is 13.7. The first-order valence-corrected chi connectivity index (χ1v) is 7.95. The lowest BCUT2D eigenvalue weighted by molar-refractivity contribution is 0.129.